The molecule has 31 heavy (non-hydrogen) atoms. The molecule has 6 nitrogen and oxygen atoms in total. The third kappa shape index (κ3) is 2.20. The number of amides is 3. The molecule has 6 rings (SSSR count). The van der Waals surface area contributed by atoms with E-state index in [0.717, 1.165) is 24.0 Å². The van der Waals surface area contributed by atoms with Gasteiger partial charge in [0.15, 0.2) is 0 Å². The highest BCUT2D eigenvalue weighted by atomic mass is 35.5. The van der Waals surface area contributed by atoms with Crippen LogP contribution in [0.2, 0.25) is 10.0 Å². The summed E-state index contributed by atoms with van der Waals surface area (Å²) < 4.78 is 0. The van der Waals surface area contributed by atoms with Crippen LogP contribution in [-0.2, 0) is 19.9 Å². The van der Waals surface area contributed by atoms with Gasteiger partial charge in [-0.2, -0.15) is 0 Å². The van der Waals surface area contributed by atoms with Crippen LogP contribution >= 0.6 is 23.2 Å². The third-order valence-corrected chi connectivity index (χ3v) is 8.11. The van der Waals surface area contributed by atoms with E-state index in [4.69, 9.17) is 23.2 Å². The summed E-state index contributed by atoms with van der Waals surface area (Å²) >= 11 is 12.3. The lowest BCUT2D eigenvalue weighted by molar-refractivity contribution is -0.135. The number of hydrogen-bond donors (Lipinski definition) is 1. The van der Waals surface area contributed by atoms with Gasteiger partial charge in [0.2, 0.25) is 17.7 Å². The molecule has 3 fully saturated rings. The van der Waals surface area contributed by atoms with Crippen LogP contribution in [-0.4, -0.2) is 35.2 Å². The lowest BCUT2D eigenvalue weighted by Crippen LogP contribution is -2.54. The first kappa shape index (κ1) is 19.3. The second kappa shape index (κ2) is 6.31. The van der Waals surface area contributed by atoms with Gasteiger partial charge in [0, 0.05) is 21.7 Å². The summed E-state index contributed by atoms with van der Waals surface area (Å²) in [4.78, 5) is 44.4. The molecule has 0 aromatic heterocycles. The number of nitrogens with one attached hydrogen (secondary N) is 1. The Balaban J connectivity index is 1.56. The molecule has 4 heterocycles. The Labute approximate surface area is 189 Å². The first-order valence-electron chi connectivity index (χ1n) is 10.4. The number of carbonyl (C=O) groups is 3. The van der Waals surface area contributed by atoms with Crippen molar-refractivity contribution >= 4 is 52.3 Å². The van der Waals surface area contributed by atoms with Gasteiger partial charge in [0.25, 0.3) is 0 Å². The molecule has 0 aliphatic carbocycles. The summed E-state index contributed by atoms with van der Waals surface area (Å²) in [6.45, 7) is 2.53. The highest BCUT2D eigenvalue weighted by molar-refractivity contribution is 6.32. The van der Waals surface area contributed by atoms with Crippen molar-refractivity contribution in [2.45, 2.75) is 31.3 Å². The van der Waals surface area contributed by atoms with Gasteiger partial charge in [-0.1, -0.05) is 29.3 Å². The maximum absolute atomic E-state index is 13.8. The van der Waals surface area contributed by atoms with Crippen molar-refractivity contribution in [2.75, 3.05) is 16.8 Å². The fraction of sp³-hybridized carbons (Fsp3) is 0.348. The number of rotatable bonds is 1. The molecule has 2 aromatic carbocycles. The van der Waals surface area contributed by atoms with Gasteiger partial charge in [-0.3, -0.25) is 19.3 Å². The predicted molar refractivity (Wildman–Crippen MR) is 117 cm³/mol. The van der Waals surface area contributed by atoms with E-state index in [2.05, 4.69) is 10.2 Å². The molecule has 3 saturated heterocycles. The average Bonchev–Trinajstić information content (AvgIpc) is 3.45. The first-order valence-corrected chi connectivity index (χ1v) is 11.1. The molecular formula is C23H19Cl2N3O3. The number of nitrogens with zero attached hydrogens (tertiary/aromatic N) is 2. The van der Waals surface area contributed by atoms with Crippen LogP contribution < -0.4 is 10.2 Å². The number of fused-ring (bicyclic) bond motifs is 7. The summed E-state index contributed by atoms with van der Waals surface area (Å²) in [7, 11) is 0. The predicted octanol–water partition coefficient (Wildman–Crippen LogP) is 3.73. The maximum Gasteiger partial charge on any atom is 0.250 e. The Bertz CT molecular complexity index is 1180. The number of hydrogen-bond acceptors (Lipinski definition) is 4. The lowest BCUT2D eigenvalue weighted by Gasteiger charge is -2.36. The molecule has 0 unspecified atom stereocenters. The van der Waals surface area contributed by atoms with E-state index in [-0.39, 0.29) is 23.8 Å². The topological polar surface area (TPSA) is 69.7 Å². The van der Waals surface area contributed by atoms with Crippen molar-refractivity contribution in [3.8, 4) is 0 Å². The molecule has 158 valence electrons. The zero-order valence-corrected chi connectivity index (χ0v) is 18.2. The smallest absolute Gasteiger partial charge is 0.250 e. The quantitative estimate of drug-likeness (QED) is 0.665. The molecule has 4 atom stereocenters. The second-order valence-corrected chi connectivity index (χ2v) is 9.55. The van der Waals surface area contributed by atoms with Crippen LogP contribution in [0.4, 0.5) is 11.4 Å². The number of halogens is 2. The molecule has 1 N–H and O–H groups in total. The van der Waals surface area contributed by atoms with E-state index in [9.17, 15) is 14.4 Å². The molecule has 0 saturated carbocycles. The highest BCUT2D eigenvalue weighted by Gasteiger charge is 2.74. The van der Waals surface area contributed by atoms with Gasteiger partial charge in [0.05, 0.1) is 23.2 Å². The van der Waals surface area contributed by atoms with Gasteiger partial charge < -0.3 is 5.32 Å². The Morgan fingerprint density at radius 1 is 1.03 bits per heavy atom. The maximum atomic E-state index is 13.8. The van der Waals surface area contributed by atoms with Gasteiger partial charge in [-0.25, -0.2) is 4.90 Å². The van der Waals surface area contributed by atoms with Crippen molar-refractivity contribution in [3.05, 3.63) is 57.6 Å². The lowest BCUT2D eigenvalue weighted by atomic mass is 9.75. The van der Waals surface area contributed by atoms with Gasteiger partial charge in [0.1, 0.15) is 5.54 Å². The minimum absolute atomic E-state index is 0.147. The van der Waals surface area contributed by atoms with Gasteiger partial charge in [-0.15, -0.1) is 0 Å². The number of benzene rings is 2. The van der Waals surface area contributed by atoms with Crippen molar-refractivity contribution in [2.24, 2.45) is 11.8 Å². The zero-order valence-electron chi connectivity index (χ0n) is 16.7. The summed E-state index contributed by atoms with van der Waals surface area (Å²) in [6, 6.07) is 10.1. The van der Waals surface area contributed by atoms with Crippen LogP contribution in [0.5, 0.6) is 0 Å². The number of imide groups is 1. The normalized spacial score (nSPS) is 31.4. The van der Waals surface area contributed by atoms with Crippen LogP contribution in [0, 0.1) is 18.8 Å². The van der Waals surface area contributed by atoms with Gasteiger partial charge in [-0.05, 0) is 62.2 Å². The van der Waals surface area contributed by atoms with E-state index in [0.29, 0.717) is 28.0 Å². The molecule has 3 amide bonds. The summed E-state index contributed by atoms with van der Waals surface area (Å²) in [6.07, 6.45) is 1.67. The second-order valence-electron chi connectivity index (χ2n) is 8.71. The molecule has 4 aliphatic heterocycles. The number of anilines is 2. The van der Waals surface area contributed by atoms with Gasteiger partial charge >= 0.3 is 0 Å². The molecule has 8 heteroatoms. The Hall–Kier alpha value is -2.41. The third-order valence-electron chi connectivity index (χ3n) is 7.45. The molecular weight excluding hydrogens is 437 g/mol. The van der Waals surface area contributed by atoms with Crippen LogP contribution in [0.15, 0.2) is 36.4 Å². The minimum atomic E-state index is -1.19. The van der Waals surface area contributed by atoms with E-state index in [1.54, 1.807) is 30.3 Å². The SMILES string of the molecule is Cc1c(Cl)ccc2c1NC(=O)[C@@]21[C@@H]2C(=O)N(c3ccc(Cl)cc3)C(=O)[C@@H]2[C@H]2CCCN21. The molecule has 0 bridgehead atoms. The van der Waals surface area contributed by atoms with Crippen molar-refractivity contribution in [3.63, 3.8) is 0 Å². The Kier molecular flexibility index (Phi) is 3.93. The minimum Gasteiger partial charge on any atom is -0.324 e. The summed E-state index contributed by atoms with van der Waals surface area (Å²) in [5.41, 5.74) is 1.48. The average molecular weight is 456 g/mol. The largest absolute Gasteiger partial charge is 0.324 e. The van der Waals surface area contributed by atoms with E-state index >= 15 is 0 Å². The fourth-order valence-electron chi connectivity index (χ4n) is 6.24. The number of carbonyl (C=O) groups excluding carboxylic acids is 3. The van der Waals surface area contributed by atoms with Crippen molar-refractivity contribution in [1.29, 1.82) is 0 Å². The molecule has 1 spiro atoms. The molecule has 2 aromatic rings. The zero-order chi connectivity index (χ0) is 21.7. The van der Waals surface area contributed by atoms with Crippen LogP contribution in [0.3, 0.4) is 0 Å². The van der Waals surface area contributed by atoms with Crippen molar-refractivity contribution in [1.82, 2.24) is 4.90 Å². The highest BCUT2D eigenvalue weighted by Crippen LogP contribution is 2.61. The van der Waals surface area contributed by atoms with Crippen LogP contribution in [0.1, 0.15) is 24.0 Å². The van der Waals surface area contributed by atoms with E-state index in [1.807, 2.05) is 13.0 Å². The molecule has 0 radical (unpaired) electrons. The summed E-state index contributed by atoms with van der Waals surface area (Å²) in [5.74, 6) is -2.15. The van der Waals surface area contributed by atoms with Crippen molar-refractivity contribution < 1.29 is 14.4 Å². The molecule has 4 aliphatic rings. The fourth-order valence-corrected chi connectivity index (χ4v) is 6.52. The first-order chi connectivity index (χ1) is 14.9. The summed E-state index contributed by atoms with van der Waals surface area (Å²) in [5, 5.41) is 4.08. The Morgan fingerprint density at radius 3 is 2.52 bits per heavy atom. The Morgan fingerprint density at radius 2 is 1.77 bits per heavy atom. The van der Waals surface area contributed by atoms with E-state index in [1.165, 1.54) is 4.90 Å². The van der Waals surface area contributed by atoms with E-state index < -0.39 is 17.4 Å². The van der Waals surface area contributed by atoms with Crippen LogP contribution in [0.25, 0.3) is 0 Å². The monoisotopic (exact) mass is 455 g/mol. The standard InChI is InChI=1S/C23H19Cl2N3O3/c1-11-15(25)9-8-14-19(11)26-22(31)23(14)18-17(16-3-2-10-27(16)23)20(29)28(21(18)30)13-6-4-12(24)5-7-13/h4-9,16-18H,2-3,10H2,1H3,(H,26,31)/t16-,17-,18+,23+/m1/s1.